The highest BCUT2D eigenvalue weighted by molar-refractivity contribution is 5.68. The van der Waals surface area contributed by atoms with E-state index in [1.165, 1.54) is 7.11 Å². The predicted molar refractivity (Wildman–Crippen MR) is 43.9 cm³/mol. The maximum absolute atomic E-state index is 10.6. The van der Waals surface area contributed by atoms with E-state index in [0.717, 1.165) is 19.3 Å². The fourth-order valence-corrected chi connectivity index (χ4v) is 0.710. The van der Waals surface area contributed by atoms with E-state index in [-0.39, 0.29) is 5.97 Å². The second-order valence-electron chi connectivity index (χ2n) is 2.21. The molecular weight excluding hydrogens is 140 g/mol. The van der Waals surface area contributed by atoms with E-state index in [1.54, 1.807) is 0 Å². The first kappa shape index (κ1) is 10.0. The summed E-state index contributed by atoms with van der Waals surface area (Å²) in [5.74, 6) is 5.61. The Balaban J connectivity index is 3.12. The van der Waals surface area contributed by atoms with Crippen LogP contribution in [0.5, 0.6) is 0 Å². The van der Waals surface area contributed by atoms with Crippen LogP contribution in [0.2, 0.25) is 0 Å². The van der Waals surface area contributed by atoms with E-state index < -0.39 is 0 Å². The molecule has 0 saturated carbocycles. The van der Waals surface area contributed by atoms with Crippen LogP contribution in [-0.4, -0.2) is 13.1 Å². The SMILES string of the molecule is CC#CCCCCC(=O)OC. The van der Waals surface area contributed by atoms with Crippen molar-refractivity contribution in [2.45, 2.75) is 32.6 Å². The van der Waals surface area contributed by atoms with Crippen molar-refractivity contribution in [2.75, 3.05) is 7.11 Å². The number of rotatable bonds is 4. The van der Waals surface area contributed by atoms with Gasteiger partial charge in [0.05, 0.1) is 7.11 Å². The number of carbonyl (C=O) groups is 1. The lowest BCUT2D eigenvalue weighted by Crippen LogP contribution is -1.98. The monoisotopic (exact) mass is 154 g/mol. The Morgan fingerprint density at radius 2 is 2.18 bits per heavy atom. The first-order valence-electron chi connectivity index (χ1n) is 3.77. The molecule has 0 N–H and O–H groups in total. The van der Waals surface area contributed by atoms with Crippen LogP contribution < -0.4 is 0 Å². The summed E-state index contributed by atoms with van der Waals surface area (Å²) in [4.78, 5) is 10.6. The number of carbonyl (C=O) groups excluding carboxylic acids is 1. The molecule has 2 heteroatoms. The molecule has 0 unspecified atom stereocenters. The van der Waals surface area contributed by atoms with Gasteiger partial charge in [0, 0.05) is 12.8 Å². The fraction of sp³-hybridized carbons (Fsp3) is 0.667. The molecule has 0 aliphatic rings. The van der Waals surface area contributed by atoms with E-state index in [4.69, 9.17) is 0 Å². The van der Waals surface area contributed by atoms with Crippen LogP contribution in [-0.2, 0) is 9.53 Å². The first-order valence-corrected chi connectivity index (χ1v) is 3.77. The van der Waals surface area contributed by atoms with Gasteiger partial charge in [-0.25, -0.2) is 0 Å². The van der Waals surface area contributed by atoms with E-state index in [9.17, 15) is 4.79 Å². The molecule has 2 nitrogen and oxygen atoms in total. The molecule has 0 rings (SSSR count). The molecule has 0 saturated heterocycles. The summed E-state index contributed by atoms with van der Waals surface area (Å²) in [6.07, 6.45) is 3.26. The van der Waals surface area contributed by atoms with Crippen molar-refractivity contribution in [3.63, 3.8) is 0 Å². The summed E-state index contributed by atoms with van der Waals surface area (Å²) in [6, 6.07) is 0. The van der Waals surface area contributed by atoms with Gasteiger partial charge in [0.15, 0.2) is 0 Å². The van der Waals surface area contributed by atoms with Crippen LogP contribution in [0.3, 0.4) is 0 Å². The number of unbranched alkanes of at least 4 members (excludes halogenated alkanes) is 2. The zero-order valence-corrected chi connectivity index (χ0v) is 7.14. The van der Waals surface area contributed by atoms with Gasteiger partial charge >= 0.3 is 5.97 Å². The average molecular weight is 154 g/mol. The van der Waals surface area contributed by atoms with Gasteiger partial charge in [-0.15, -0.1) is 11.8 Å². The van der Waals surface area contributed by atoms with Crippen LogP contribution in [0, 0.1) is 11.8 Å². The lowest BCUT2D eigenvalue weighted by molar-refractivity contribution is -0.140. The van der Waals surface area contributed by atoms with Crippen molar-refractivity contribution in [1.29, 1.82) is 0 Å². The van der Waals surface area contributed by atoms with Crippen LogP contribution in [0.4, 0.5) is 0 Å². The second-order valence-corrected chi connectivity index (χ2v) is 2.21. The number of methoxy groups -OCH3 is 1. The highest BCUT2D eigenvalue weighted by Gasteiger charge is 1.97. The summed E-state index contributed by atoms with van der Waals surface area (Å²) in [5.41, 5.74) is 0. The van der Waals surface area contributed by atoms with Crippen molar-refractivity contribution >= 4 is 5.97 Å². The van der Waals surface area contributed by atoms with Crippen LogP contribution in [0.15, 0.2) is 0 Å². The molecule has 0 aliphatic carbocycles. The molecule has 0 spiro atoms. The highest BCUT2D eigenvalue weighted by atomic mass is 16.5. The lowest BCUT2D eigenvalue weighted by Gasteiger charge is -1.95. The van der Waals surface area contributed by atoms with E-state index >= 15 is 0 Å². The van der Waals surface area contributed by atoms with Crippen LogP contribution in [0.25, 0.3) is 0 Å². The quantitative estimate of drug-likeness (QED) is 0.350. The predicted octanol–water partition coefficient (Wildman–Crippen LogP) is 1.74. The van der Waals surface area contributed by atoms with Gasteiger partial charge < -0.3 is 4.74 Å². The zero-order chi connectivity index (χ0) is 8.53. The van der Waals surface area contributed by atoms with Crippen LogP contribution >= 0.6 is 0 Å². The summed E-state index contributed by atoms with van der Waals surface area (Å²) < 4.78 is 4.48. The van der Waals surface area contributed by atoms with Crippen molar-refractivity contribution in [3.8, 4) is 11.8 Å². The highest BCUT2D eigenvalue weighted by Crippen LogP contribution is 1.99. The smallest absolute Gasteiger partial charge is 0.305 e. The van der Waals surface area contributed by atoms with Gasteiger partial charge in [-0.1, -0.05) is 0 Å². The molecule has 0 heterocycles. The minimum atomic E-state index is -0.130. The molecule has 0 radical (unpaired) electrons. The Hall–Kier alpha value is -0.970. The van der Waals surface area contributed by atoms with Crippen molar-refractivity contribution in [3.05, 3.63) is 0 Å². The normalized spacial score (nSPS) is 8.18. The second kappa shape index (κ2) is 7.14. The van der Waals surface area contributed by atoms with Gasteiger partial charge in [0.25, 0.3) is 0 Å². The third-order valence-electron chi connectivity index (χ3n) is 1.34. The molecule has 62 valence electrons. The molecule has 0 atom stereocenters. The largest absolute Gasteiger partial charge is 0.469 e. The Morgan fingerprint density at radius 3 is 2.73 bits per heavy atom. The number of ether oxygens (including phenoxy) is 1. The Bertz CT molecular complexity index is 162. The minimum absolute atomic E-state index is 0.130. The van der Waals surface area contributed by atoms with E-state index in [2.05, 4.69) is 16.6 Å². The molecular formula is C9H14O2. The summed E-state index contributed by atoms with van der Waals surface area (Å²) in [6.45, 7) is 1.82. The Morgan fingerprint density at radius 1 is 1.45 bits per heavy atom. The molecule has 0 amide bonds. The minimum Gasteiger partial charge on any atom is -0.469 e. The topological polar surface area (TPSA) is 26.3 Å². The molecule has 0 aromatic carbocycles. The van der Waals surface area contributed by atoms with Gasteiger partial charge in [0.2, 0.25) is 0 Å². The third-order valence-corrected chi connectivity index (χ3v) is 1.34. The number of hydrogen-bond donors (Lipinski definition) is 0. The standard InChI is InChI=1S/C9H14O2/c1-3-4-5-6-7-8-9(10)11-2/h5-8H2,1-2H3. The number of esters is 1. The lowest BCUT2D eigenvalue weighted by atomic mass is 10.2. The molecule has 0 aliphatic heterocycles. The Labute approximate surface area is 67.9 Å². The van der Waals surface area contributed by atoms with Gasteiger partial charge in [-0.2, -0.15) is 0 Å². The Kier molecular flexibility index (Phi) is 6.51. The maximum atomic E-state index is 10.6. The molecule has 0 fully saturated rings. The van der Waals surface area contributed by atoms with Crippen molar-refractivity contribution in [2.24, 2.45) is 0 Å². The first-order chi connectivity index (χ1) is 5.31. The van der Waals surface area contributed by atoms with E-state index in [0.29, 0.717) is 6.42 Å². The number of hydrogen-bond acceptors (Lipinski definition) is 2. The van der Waals surface area contributed by atoms with Crippen LogP contribution in [0.1, 0.15) is 32.6 Å². The summed E-state index contributed by atoms with van der Waals surface area (Å²) in [5, 5.41) is 0. The molecule has 0 aromatic rings. The average Bonchev–Trinajstić information content (AvgIpc) is 2.04. The fourth-order valence-electron chi connectivity index (χ4n) is 0.710. The zero-order valence-electron chi connectivity index (χ0n) is 7.14. The van der Waals surface area contributed by atoms with Crippen molar-refractivity contribution < 1.29 is 9.53 Å². The summed E-state index contributed by atoms with van der Waals surface area (Å²) in [7, 11) is 1.41. The van der Waals surface area contributed by atoms with Gasteiger partial charge in [-0.05, 0) is 19.8 Å². The third kappa shape index (κ3) is 6.92. The van der Waals surface area contributed by atoms with E-state index in [1.807, 2.05) is 6.92 Å². The maximum Gasteiger partial charge on any atom is 0.305 e. The molecule has 11 heavy (non-hydrogen) atoms. The molecule has 0 bridgehead atoms. The van der Waals surface area contributed by atoms with Gasteiger partial charge in [0.1, 0.15) is 0 Å². The van der Waals surface area contributed by atoms with Crippen molar-refractivity contribution in [1.82, 2.24) is 0 Å². The summed E-state index contributed by atoms with van der Waals surface area (Å²) >= 11 is 0. The molecule has 0 aromatic heterocycles. The van der Waals surface area contributed by atoms with Gasteiger partial charge in [-0.3, -0.25) is 4.79 Å².